The van der Waals surface area contributed by atoms with E-state index < -0.39 is 0 Å². The standard InChI is InChI=1S/C13H21NO/c1-4-12(5-2)15-13-9-7-6-8-11(13)10-14-3/h6-9,12,14H,4-5,10H2,1-3H3. The molecule has 0 heterocycles. The highest BCUT2D eigenvalue weighted by Crippen LogP contribution is 2.20. The average molecular weight is 207 g/mol. The Morgan fingerprint density at radius 2 is 1.87 bits per heavy atom. The van der Waals surface area contributed by atoms with Crippen LogP contribution in [-0.4, -0.2) is 13.2 Å². The molecule has 1 rings (SSSR count). The van der Waals surface area contributed by atoms with E-state index in [0.29, 0.717) is 6.10 Å². The van der Waals surface area contributed by atoms with Crippen molar-refractivity contribution >= 4 is 0 Å². The smallest absolute Gasteiger partial charge is 0.124 e. The molecule has 1 aromatic carbocycles. The summed E-state index contributed by atoms with van der Waals surface area (Å²) in [5.41, 5.74) is 1.23. The number of rotatable bonds is 6. The van der Waals surface area contributed by atoms with Crippen molar-refractivity contribution < 1.29 is 4.74 Å². The van der Waals surface area contributed by atoms with Crippen LogP contribution in [0.5, 0.6) is 5.75 Å². The van der Waals surface area contributed by atoms with Gasteiger partial charge in [-0.2, -0.15) is 0 Å². The minimum absolute atomic E-state index is 0.336. The van der Waals surface area contributed by atoms with Crippen molar-refractivity contribution in [3.63, 3.8) is 0 Å². The SMILES string of the molecule is CCC(CC)Oc1ccccc1CNC. The molecule has 0 unspecified atom stereocenters. The zero-order valence-electron chi connectivity index (χ0n) is 9.92. The molecule has 0 spiro atoms. The Morgan fingerprint density at radius 3 is 2.47 bits per heavy atom. The molecular weight excluding hydrogens is 186 g/mol. The highest BCUT2D eigenvalue weighted by molar-refractivity contribution is 5.33. The maximum Gasteiger partial charge on any atom is 0.124 e. The van der Waals surface area contributed by atoms with Crippen LogP contribution in [0.1, 0.15) is 32.3 Å². The summed E-state index contributed by atoms with van der Waals surface area (Å²) in [6.07, 6.45) is 2.46. The molecule has 84 valence electrons. The average Bonchev–Trinajstić information content (AvgIpc) is 2.28. The zero-order valence-corrected chi connectivity index (χ0v) is 9.92. The predicted molar refractivity (Wildman–Crippen MR) is 64.2 cm³/mol. The van der Waals surface area contributed by atoms with Crippen molar-refractivity contribution in [3.05, 3.63) is 29.8 Å². The van der Waals surface area contributed by atoms with Gasteiger partial charge in [0.05, 0.1) is 6.10 Å². The molecule has 0 saturated heterocycles. The maximum atomic E-state index is 5.96. The Hall–Kier alpha value is -1.02. The normalized spacial score (nSPS) is 10.7. The first kappa shape index (κ1) is 12.1. The summed E-state index contributed by atoms with van der Waals surface area (Å²) in [6.45, 7) is 5.18. The predicted octanol–water partition coefficient (Wildman–Crippen LogP) is 2.97. The largest absolute Gasteiger partial charge is 0.490 e. The van der Waals surface area contributed by atoms with Crippen molar-refractivity contribution in [3.8, 4) is 5.75 Å². The molecule has 0 fully saturated rings. The lowest BCUT2D eigenvalue weighted by atomic mass is 10.2. The molecule has 0 radical (unpaired) electrons. The molecule has 1 N–H and O–H groups in total. The van der Waals surface area contributed by atoms with E-state index in [1.165, 1.54) is 5.56 Å². The number of ether oxygens (including phenoxy) is 1. The fraction of sp³-hybridized carbons (Fsp3) is 0.538. The van der Waals surface area contributed by atoms with Gasteiger partial charge >= 0.3 is 0 Å². The zero-order chi connectivity index (χ0) is 11.1. The third kappa shape index (κ3) is 3.56. The van der Waals surface area contributed by atoms with Gasteiger partial charge in [-0.15, -0.1) is 0 Å². The van der Waals surface area contributed by atoms with Crippen LogP contribution in [0.25, 0.3) is 0 Å². The van der Waals surface area contributed by atoms with Gasteiger partial charge in [0.1, 0.15) is 5.75 Å². The summed E-state index contributed by atoms with van der Waals surface area (Å²) in [4.78, 5) is 0. The van der Waals surface area contributed by atoms with Crippen molar-refractivity contribution in [1.82, 2.24) is 5.32 Å². The van der Waals surface area contributed by atoms with E-state index in [-0.39, 0.29) is 0 Å². The van der Waals surface area contributed by atoms with E-state index in [4.69, 9.17) is 4.74 Å². The topological polar surface area (TPSA) is 21.3 Å². The number of benzene rings is 1. The second kappa shape index (κ2) is 6.46. The first-order valence-electron chi connectivity index (χ1n) is 5.70. The number of hydrogen-bond acceptors (Lipinski definition) is 2. The molecule has 15 heavy (non-hydrogen) atoms. The second-order valence-corrected chi connectivity index (χ2v) is 3.69. The van der Waals surface area contributed by atoms with Gasteiger partial charge in [-0.3, -0.25) is 0 Å². The Labute approximate surface area is 92.6 Å². The molecule has 0 aliphatic heterocycles. The summed E-state index contributed by atoms with van der Waals surface area (Å²) in [5.74, 6) is 1.01. The van der Waals surface area contributed by atoms with Crippen LogP contribution in [0.3, 0.4) is 0 Å². The van der Waals surface area contributed by atoms with E-state index in [1.807, 2.05) is 25.2 Å². The van der Waals surface area contributed by atoms with E-state index >= 15 is 0 Å². The summed E-state index contributed by atoms with van der Waals surface area (Å²) < 4.78 is 5.96. The van der Waals surface area contributed by atoms with Crippen LogP contribution in [0.15, 0.2) is 24.3 Å². The van der Waals surface area contributed by atoms with Gasteiger partial charge in [-0.05, 0) is 26.0 Å². The fourth-order valence-corrected chi connectivity index (χ4v) is 1.59. The van der Waals surface area contributed by atoms with Gasteiger partial charge in [0.2, 0.25) is 0 Å². The van der Waals surface area contributed by atoms with Crippen LogP contribution in [0, 0.1) is 0 Å². The maximum absolute atomic E-state index is 5.96. The quantitative estimate of drug-likeness (QED) is 0.774. The highest BCUT2D eigenvalue weighted by Gasteiger charge is 2.07. The van der Waals surface area contributed by atoms with Crippen LogP contribution >= 0.6 is 0 Å². The Bertz CT molecular complexity index is 282. The molecule has 2 nitrogen and oxygen atoms in total. The van der Waals surface area contributed by atoms with Gasteiger partial charge in [0, 0.05) is 12.1 Å². The Balaban J connectivity index is 2.73. The number of hydrogen-bond donors (Lipinski definition) is 1. The third-order valence-corrected chi connectivity index (χ3v) is 2.54. The monoisotopic (exact) mass is 207 g/mol. The van der Waals surface area contributed by atoms with Crippen molar-refractivity contribution in [2.75, 3.05) is 7.05 Å². The molecule has 1 aromatic rings. The molecule has 0 aliphatic rings. The van der Waals surface area contributed by atoms with Crippen LogP contribution in [-0.2, 0) is 6.54 Å². The number of nitrogens with one attached hydrogen (secondary N) is 1. The van der Waals surface area contributed by atoms with Gasteiger partial charge in [0.15, 0.2) is 0 Å². The summed E-state index contributed by atoms with van der Waals surface area (Å²) >= 11 is 0. The summed E-state index contributed by atoms with van der Waals surface area (Å²) in [5, 5.41) is 3.15. The minimum atomic E-state index is 0.336. The molecule has 0 atom stereocenters. The minimum Gasteiger partial charge on any atom is -0.490 e. The lowest BCUT2D eigenvalue weighted by molar-refractivity contribution is 0.191. The summed E-state index contributed by atoms with van der Waals surface area (Å²) in [6, 6.07) is 8.22. The van der Waals surface area contributed by atoms with E-state index in [1.54, 1.807) is 0 Å². The van der Waals surface area contributed by atoms with E-state index in [0.717, 1.165) is 25.1 Å². The van der Waals surface area contributed by atoms with Crippen LogP contribution < -0.4 is 10.1 Å². The van der Waals surface area contributed by atoms with Crippen molar-refractivity contribution in [2.24, 2.45) is 0 Å². The van der Waals surface area contributed by atoms with Crippen molar-refractivity contribution in [1.29, 1.82) is 0 Å². The third-order valence-electron chi connectivity index (χ3n) is 2.54. The molecule has 0 aliphatic carbocycles. The molecule has 2 heteroatoms. The highest BCUT2D eigenvalue weighted by atomic mass is 16.5. The van der Waals surface area contributed by atoms with E-state index in [2.05, 4.69) is 25.2 Å². The lowest BCUT2D eigenvalue weighted by Crippen LogP contribution is -2.16. The first-order valence-corrected chi connectivity index (χ1v) is 5.70. The van der Waals surface area contributed by atoms with Gasteiger partial charge in [0.25, 0.3) is 0 Å². The van der Waals surface area contributed by atoms with Gasteiger partial charge in [-0.25, -0.2) is 0 Å². The van der Waals surface area contributed by atoms with Crippen LogP contribution in [0.2, 0.25) is 0 Å². The van der Waals surface area contributed by atoms with E-state index in [9.17, 15) is 0 Å². The molecule has 0 amide bonds. The summed E-state index contributed by atoms with van der Waals surface area (Å²) in [7, 11) is 1.95. The second-order valence-electron chi connectivity index (χ2n) is 3.69. The molecule has 0 aromatic heterocycles. The number of para-hydroxylation sites is 1. The lowest BCUT2D eigenvalue weighted by Gasteiger charge is -2.18. The fourth-order valence-electron chi connectivity index (χ4n) is 1.59. The van der Waals surface area contributed by atoms with Crippen LogP contribution in [0.4, 0.5) is 0 Å². The Morgan fingerprint density at radius 1 is 1.20 bits per heavy atom. The van der Waals surface area contributed by atoms with Gasteiger partial charge in [-0.1, -0.05) is 32.0 Å². The Kier molecular flexibility index (Phi) is 5.19. The first-order chi connectivity index (χ1) is 7.31. The van der Waals surface area contributed by atoms with Crippen molar-refractivity contribution in [2.45, 2.75) is 39.3 Å². The molecule has 0 saturated carbocycles. The van der Waals surface area contributed by atoms with Gasteiger partial charge < -0.3 is 10.1 Å². The molecular formula is C13H21NO. The molecule has 0 bridgehead atoms.